The summed E-state index contributed by atoms with van der Waals surface area (Å²) in [5, 5.41) is 0. The monoisotopic (exact) mass is 264 g/mol. The average molecular weight is 264 g/mol. The summed E-state index contributed by atoms with van der Waals surface area (Å²) in [7, 11) is 0. The molecule has 2 rings (SSSR count). The first-order valence-electron chi connectivity index (χ1n) is 6.77. The number of benzene rings is 1. The van der Waals surface area contributed by atoms with E-state index in [1.807, 2.05) is 0 Å². The predicted octanol–water partition coefficient (Wildman–Crippen LogP) is 3.28. The van der Waals surface area contributed by atoms with Crippen molar-refractivity contribution in [1.82, 2.24) is 4.90 Å². The molecule has 0 amide bonds. The molecule has 1 aromatic rings. The van der Waals surface area contributed by atoms with Gasteiger partial charge in [0.1, 0.15) is 0 Å². The normalized spacial score (nSPS) is 27.1. The summed E-state index contributed by atoms with van der Waals surface area (Å²) >= 11 is 1.80. The van der Waals surface area contributed by atoms with Gasteiger partial charge in [0, 0.05) is 29.6 Å². The molecule has 0 spiro atoms. The Labute approximate surface area is 115 Å². The highest BCUT2D eigenvalue weighted by Gasteiger charge is 2.27. The molecule has 0 saturated carbocycles. The fourth-order valence-electron chi connectivity index (χ4n) is 2.88. The summed E-state index contributed by atoms with van der Waals surface area (Å²) in [5.74, 6) is 0. The zero-order valence-corrected chi connectivity index (χ0v) is 12.4. The molecule has 1 aliphatic heterocycles. The van der Waals surface area contributed by atoms with E-state index >= 15 is 0 Å². The van der Waals surface area contributed by atoms with Crippen LogP contribution in [0, 0.1) is 0 Å². The lowest BCUT2D eigenvalue weighted by molar-refractivity contribution is 0.104. The van der Waals surface area contributed by atoms with Crippen LogP contribution < -0.4 is 5.73 Å². The Kier molecular flexibility index (Phi) is 4.71. The molecule has 1 aromatic carbocycles. The summed E-state index contributed by atoms with van der Waals surface area (Å²) in [6.45, 7) is 5.72. The number of nitrogens with two attached hydrogens (primary N) is 1. The van der Waals surface area contributed by atoms with Crippen LogP contribution in [0.5, 0.6) is 0 Å². The van der Waals surface area contributed by atoms with Crippen molar-refractivity contribution in [3.8, 4) is 0 Å². The Morgan fingerprint density at radius 2 is 2.00 bits per heavy atom. The second-order valence-corrected chi connectivity index (χ2v) is 6.20. The molecule has 1 heterocycles. The second kappa shape index (κ2) is 6.09. The first-order valence-corrected chi connectivity index (χ1v) is 7.99. The van der Waals surface area contributed by atoms with Crippen molar-refractivity contribution < 1.29 is 0 Å². The van der Waals surface area contributed by atoms with Crippen LogP contribution in [0.15, 0.2) is 29.2 Å². The van der Waals surface area contributed by atoms with E-state index in [9.17, 15) is 0 Å². The number of hydrogen-bond donors (Lipinski definition) is 1. The average Bonchev–Trinajstić information content (AvgIpc) is 2.38. The van der Waals surface area contributed by atoms with E-state index in [4.69, 9.17) is 5.73 Å². The molecule has 0 radical (unpaired) electrons. The zero-order valence-electron chi connectivity index (χ0n) is 11.6. The maximum Gasteiger partial charge on any atom is 0.0322 e. The second-order valence-electron chi connectivity index (χ2n) is 5.32. The fraction of sp³-hybridized carbons (Fsp3) is 0.600. The van der Waals surface area contributed by atoms with E-state index < -0.39 is 0 Å². The van der Waals surface area contributed by atoms with Gasteiger partial charge in [0.15, 0.2) is 0 Å². The topological polar surface area (TPSA) is 29.3 Å². The number of piperidine rings is 1. The van der Waals surface area contributed by atoms with Crippen LogP contribution in [0.2, 0.25) is 0 Å². The standard InChI is InChI=1S/C15H24N2S/c1-11-10-14(16)8-9-17(11)12(2)13-4-6-15(18-3)7-5-13/h4-7,11-12,14H,8-10,16H2,1-3H3. The number of nitrogens with zero attached hydrogens (tertiary/aromatic N) is 1. The van der Waals surface area contributed by atoms with Gasteiger partial charge in [0.2, 0.25) is 0 Å². The predicted molar refractivity (Wildman–Crippen MR) is 80.0 cm³/mol. The zero-order chi connectivity index (χ0) is 13.1. The van der Waals surface area contributed by atoms with Gasteiger partial charge in [-0.05, 0) is 50.6 Å². The molecule has 0 bridgehead atoms. The van der Waals surface area contributed by atoms with Gasteiger partial charge in [-0.1, -0.05) is 12.1 Å². The Balaban J connectivity index is 2.07. The fourth-order valence-corrected chi connectivity index (χ4v) is 3.28. The van der Waals surface area contributed by atoms with Crippen LogP contribution in [0.3, 0.4) is 0 Å². The first-order chi connectivity index (χ1) is 8.61. The largest absolute Gasteiger partial charge is 0.328 e. The molecule has 0 aromatic heterocycles. The Hall–Kier alpha value is -0.510. The smallest absolute Gasteiger partial charge is 0.0322 e. The minimum atomic E-state index is 0.391. The van der Waals surface area contributed by atoms with Crippen LogP contribution >= 0.6 is 11.8 Å². The Morgan fingerprint density at radius 3 is 2.56 bits per heavy atom. The molecule has 3 atom stereocenters. The van der Waals surface area contributed by atoms with Crippen molar-refractivity contribution in [2.45, 2.75) is 49.7 Å². The van der Waals surface area contributed by atoms with Crippen LogP contribution in [-0.2, 0) is 0 Å². The lowest BCUT2D eigenvalue weighted by Crippen LogP contribution is -2.46. The van der Waals surface area contributed by atoms with E-state index in [2.05, 4.69) is 49.3 Å². The third-order valence-electron chi connectivity index (χ3n) is 4.06. The maximum absolute atomic E-state index is 6.03. The van der Waals surface area contributed by atoms with E-state index in [0.29, 0.717) is 18.1 Å². The number of rotatable bonds is 3. The van der Waals surface area contributed by atoms with E-state index in [1.54, 1.807) is 11.8 Å². The molecule has 1 aliphatic rings. The highest BCUT2D eigenvalue weighted by molar-refractivity contribution is 7.98. The molecular weight excluding hydrogens is 240 g/mol. The van der Waals surface area contributed by atoms with E-state index in [1.165, 1.54) is 10.5 Å². The lowest BCUT2D eigenvalue weighted by atomic mass is 9.95. The molecule has 1 saturated heterocycles. The molecule has 100 valence electrons. The summed E-state index contributed by atoms with van der Waals surface area (Å²) in [6, 6.07) is 10.4. The van der Waals surface area contributed by atoms with Gasteiger partial charge in [-0.2, -0.15) is 0 Å². The van der Waals surface area contributed by atoms with Gasteiger partial charge in [-0.15, -0.1) is 11.8 Å². The van der Waals surface area contributed by atoms with E-state index in [-0.39, 0.29) is 0 Å². The van der Waals surface area contributed by atoms with Crippen molar-refractivity contribution in [1.29, 1.82) is 0 Å². The minimum absolute atomic E-state index is 0.391. The van der Waals surface area contributed by atoms with Gasteiger partial charge < -0.3 is 5.73 Å². The van der Waals surface area contributed by atoms with Crippen molar-refractivity contribution in [3.05, 3.63) is 29.8 Å². The first kappa shape index (κ1) is 13.9. The van der Waals surface area contributed by atoms with Crippen LogP contribution in [0.1, 0.15) is 38.3 Å². The quantitative estimate of drug-likeness (QED) is 0.850. The number of likely N-dealkylation sites (tertiary alicyclic amines) is 1. The summed E-state index contributed by atoms with van der Waals surface area (Å²) in [6.07, 6.45) is 4.36. The molecule has 2 N–H and O–H groups in total. The Bertz CT molecular complexity index is 377. The van der Waals surface area contributed by atoms with Crippen LogP contribution in [0.25, 0.3) is 0 Å². The van der Waals surface area contributed by atoms with Gasteiger partial charge in [-0.25, -0.2) is 0 Å². The number of thioether (sulfide) groups is 1. The third kappa shape index (κ3) is 3.08. The molecule has 2 nitrogen and oxygen atoms in total. The van der Waals surface area contributed by atoms with Crippen molar-refractivity contribution >= 4 is 11.8 Å². The van der Waals surface area contributed by atoms with Gasteiger partial charge in [0.25, 0.3) is 0 Å². The molecule has 1 fully saturated rings. The molecule has 18 heavy (non-hydrogen) atoms. The van der Waals surface area contributed by atoms with E-state index in [0.717, 1.165) is 19.4 Å². The van der Waals surface area contributed by atoms with Crippen LogP contribution in [-0.4, -0.2) is 29.8 Å². The minimum Gasteiger partial charge on any atom is -0.328 e. The van der Waals surface area contributed by atoms with Gasteiger partial charge >= 0.3 is 0 Å². The highest BCUT2D eigenvalue weighted by atomic mass is 32.2. The van der Waals surface area contributed by atoms with Crippen molar-refractivity contribution in [3.63, 3.8) is 0 Å². The van der Waals surface area contributed by atoms with Gasteiger partial charge in [0.05, 0.1) is 0 Å². The molecule has 3 unspecified atom stereocenters. The maximum atomic E-state index is 6.03. The number of hydrogen-bond acceptors (Lipinski definition) is 3. The van der Waals surface area contributed by atoms with Crippen molar-refractivity contribution in [2.75, 3.05) is 12.8 Å². The summed E-state index contributed by atoms with van der Waals surface area (Å²) in [5.41, 5.74) is 7.45. The SMILES string of the molecule is CSc1ccc(C(C)N2CCC(N)CC2C)cc1. The lowest BCUT2D eigenvalue weighted by Gasteiger charge is -2.40. The Morgan fingerprint density at radius 1 is 1.33 bits per heavy atom. The molecule has 3 heteroatoms. The molecule has 0 aliphatic carbocycles. The summed E-state index contributed by atoms with van der Waals surface area (Å²) in [4.78, 5) is 3.91. The van der Waals surface area contributed by atoms with Crippen LogP contribution in [0.4, 0.5) is 0 Å². The molecular formula is C15H24N2S. The van der Waals surface area contributed by atoms with Crippen molar-refractivity contribution in [2.24, 2.45) is 5.73 Å². The summed E-state index contributed by atoms with van der Waals surface area (Å²) < 4.78 is 0. The van der Waals surface area contributed by atoms with Gasteiger partial charge in [-0.3, -0.25) is 4.90 Å². The highest BCUT2D eigenvalue weighted by Crippen LogP contribution is 2.28. The third-order valence-corrected chi connectivity index (χ3v) is 4.81.